The van der Waals surface area contributed by atoms with Crippen molar-refractivity contribution in [3.8, 4) is 0 Å². The molecule has 0 aliphatic carbocycles. The summed E-state index contributed by atoms with van der Waals surface area (Å²) < 4.78 is 39.4. The largest absolute Gasteiger partial charge is 0.417 e. The fraction of sp³-hybridized carbons (Fsp3) is 0.500. The van der Waals surface area contributed by atoms with Crippen LogP contribution in [0.5, 0.6) is 0 Å². The van der Waals surface area contributed by atoms with Crippen molar-refractivity contribution >= 4 is 11.8 Å². The number of hydrogen-bond acceptors (Lipinski definition) is 3. The van der Waals surface area contributed by atoms with Crippen LogP contribution in [0.4, 0.5) is 13.2 Å². The minimum Gasteiger partial charge on any atom is -0.337 e. The second kappa shape index (κ2) is 6.80. The number of alkyl halides is 3. The highest BCUT2D eigenvalue weighted by Crippen LogP contribution is 2.33. The molecule has 1 heterocycles. The monoisotopic (exact) mass is 343 g/mol. The number of carbonyl (C=O) groups is 2. The van der Waals surface area contributed by atoms with Crippen LogP contribution in [0.2, 0.25) is 0 Å². The van der Waals surface area contributed by atoms with E-state index in [-0.39, 0.29) is 31.1 Å². The normalized spacial score (nSPS) is 21.8. The smallest absolute Gasteiger partial charge is 0.337 e. The van der Waals surface area contributed by atoms with Crippen LogP contribution in [0.25, 0.3) is 0 Å². The quantitative estimate of drug-likeness (QED) is 0.889. The highest BCUT2D eigenvalue weighted by molar-refractivity contribution is 5.96. The summed E-state index contributed by atoms with van der Waals surface area (Å²) >= 11 is 0. The van der Waals surface area contributed by atoms with Crippen LogP contribution in [0.1, 0.15) is 29.8 Å². The zero-order valence-corrected chi connectivity index (χ0v) is 13.5. The highest BCUT2D eigenvalue weighted by atomic mass is 19.4. The van der Waals surface area contributed by atoms with Gasteiger partial charge in [-0.05, 0) is 26.0 Å². The Hall–Kier alpha value is -2.09. The maximum absolute atomic E-state index is 13.1. The van der Waals surface area contributed by atoms with Crippen molar-refractivity contribution < 1.29 is 22.8 Å². The molecule has 0 radical (unpaired) electrons. The summed E-state index contributed by atoms with van der Waals surface area (Å²) in [6.45, 7) is 3.78. The van der Waals surface area contributed by atoms with Gasteiger partial charge in [-0.3, -0.25) is 9.59 Å². The maximum atomic E-state index is 13.1. The molecule has 2 amide bonds. The third-order valence-corrected chi connectivity index (χ3v) is 4.14. The van der Waals surface area contributed by atoms with E-state index in [2.05, 4.69) is 0 Å². The minimum absolute atomic E-state index is 0.135. The molecular formula is C16H20F3N3O2. The lowest BCUT2D eigenvalue weighted by molar-refractivity contribution is -0.138. The van der Waals surface area contributed by atoms with E-state index in [1.165, 1.54) is 28.0 Å². The summed E-state index contributed by atoms with van der Waals surface area (Å²) in [4.78, 5) is 27.4. The van der Waals surface area contributed by atoms with Gasteiger partial charge in [0.25, 0.3) is 5.91 Å². The first-order valence-corrected chi connectivity index (χ1v) is 7.63. The summed E-state index contributed by atoms with van der Waals surface area (Å²) in [6.07, 6.45) is -4.60. The molecule has 2 atom stereocenters. The number of amides is 2. The van der Waals surface area contributed by atoms with Gasteiger partial charge in [-0.2, -0.15) is 13.2 Å². The van der Waals surface area contributed by atoms with Crippen molar-refractivity contribution in [2.75, 3.05) is 19.6 Å². The summed E-state index contributed by atoms with van der Waals surface area (Å²) in [7, 11) is 0. The van der Waals surface area contributed by atoms with E-state index in [1.54, 1.807) is 13.8 Å². The van der Waals surface area contributed by atoms with E-state index in [0.717, 1.165) is 6.07 Å². The molecule has 1 aliphatic rings. The number of carbonyl (C=O) groups excluding carboxylic acids is 2. The first kappa shape index (κ1) is 18.3. The third-order valence-electron chi connectivity index (χ3n) is 4.14. The van der Waals surface area contributed by atoms with Gasteiger partial charge in [0.1, 0.15) is 0 Å². The van der Waals surface area contributed by atoms with E-state index in [1.807, 2.05) is 0 Å². The molecule has 2 unspecified atom stereocenters. The molecule has 24 heavy (non-hydrogen) atoms. The highest BCUT2D eigenvalue weighted by Gasteiger charge is 2.39. The van der Waals surface area contributed by atoms with Crippen LogP contribution in [-0.4, -0.2) is 53.3 Å². The Labute approximate surface area is 138 Å². The van der Waals surface area contributed by atoms with Gasteiger partial charge in [0.15, 0.2) is 0 Å². The van der Waals surface area contributed by atoms with Crippen molar-refractivity contribution in [2.24, 2.45) is 5.73 Å². The van der Waals surface area contributed by atoms with E-state index in [0.29, 0.717) is 0 Å². The number of hydrogen-bond donors (Lipinski definition) is 1. The molecule has 1 aromatic carbocycles. The summed E-state index contributed by atoms with van der Waals surface area (Å²) in [5, 5.41) is 0. The lowest BCUT2D eigenvalue weighted by Gasteiger charge is -2.44. The van der Waals surface area contributed by atoms with Gasteiger partial charge < -0.3 is 15.5 Å². The number of benzene rings is 1. The Morgan fingerprint density at radius 2 is 1.71 bits per heavy atom. The number of nitrogens with zero attached hydrogens (tertiary/aromatic N) is 2. The number of rotatable bonds is 2. The first-order chi connectivity index (χ1) is 11.2. The van der Waals surface area contributed by atoms with Gasteiger partial charge >= 0.3 is 6.18 Å². The third kappa shape index (κ3) is 3.53. The second-order valence-corrected chi connectivity index (χ2v) is 5.96. The van der Waals surface area contributed by atoms with Crippen LogP contribution >= 0.6 is 0 Å². The molecule has 2 N–H and O–H groups in total. The first-order valence-electron chi connectivity index (χ1n) is 7.63. The van der Waals surface area contributed by atoms with Gasteiger partial charge in [0.2, 0.25) is 5.91 Å². The Balaban J connectivity index is 2.30. The predicted octanol–water partition coefficient (Wildman–Crippen LogP) is 1.73. The molecule has 2 rings (SSSR count). The fourth-order valence-corrected chi connectivity index (χ4v) is 3.11. The van der Waals surface area contributed by atoms with Crippen molar-refractivity contribution in [3.05, 3.63) is 35.4 Å². The Morgan fingerprint density at radius 1 is 1.17 bits per heavy atom. The van der Waals surface area contributed by atoms with Gasteiger partial charge in [-0.15, -0.1) is 0 Å². The van der Waals surface area contributed by atoms with Crippen molar-refractivity contribution in [1.82, 2.24) is 9.80 Å². The summed E-state index contributed by atoms with van der Waals surface area (Å²) in [5.74, 6) is -0.917. The van der Waals surface area contributed by atoms with E-state index in [4.69, 9.17) is 5.73 Å². The summed E-state index contributed by atoms with van der Waals surface area (Å²) in [5.41, 5.74) is 4.03. The predicted molar refractivity (Wildman–Crippen MR) is 82.2 cm³/mol. The Bertz CT molecular complexity index is 621. The van der Waals surface area contributed by atoms with Gasteiger partial charge in [-0.1, -0.05) is 12.1 Å². The van der Waals surface area contributed by atoms with Gasteiger partial charge in [0, 0.05) is 25.2 Å². The molecular weight excluding hydrogens is 323 g/mol. The van der Waals surface area contributed by atoms with Crippen molar-refractivity contribution in [3.63, 3.8) is 0 Å². The molecule has 1 saturated heterocycles. The standard InChI is InChI=1S/C16H20F3N3O2/c1-10-8-21(14(23)7-20)9-11(2)22(10)15(24)12-5-3-4-6-13(12)16(17,18)19/h3-6,10-11H,7-9,20H2,1-2H3. The zero-order valence-electron chi connectivity index (χ0n) is 13.5. The number of halogens is 3. The molecule has 132 valence electrons. The number of nitrogens with two attached hydrogens (primary N) is 1. The lowest BCUT2D eigenvalue weighted by atomic mass is 10.0. The molecule has 8 heteroatoms. The SMILES string of the molecule is CC1CN(C(=O)CN)CC(C)N1C(=O)c1ccccc1C(F)(F)F. The topological polar surface area (TPSA) is 66.6 Å². The average Bonchev–Trinajstić information content (AvgIpc) is 2.52. The van der Waals surface area contributed by atoms with Crippen LogP contribution in [-0.2, 0) is 11.0 Å². The Morgan fingerprint density at radius 3 is 2.21 bits per heavy atom. The molecule has 0 bridgehead atoms. The molecule has 1 fully saturated rings. The maximum Gasteiger partial charge on any atom is 0.417 e. The zero-order chi connectivity index (χ0) is 18.1. The van der Waals surface area contributed by atoms with Crippen LogP contribution in [0.3, 0.4) is 0 Å². The lowest BCUT2D eigenvalue weighted by Crippen LogP contribution is -2.60. The molecule has 1 aromatic rings. The minimum atomic E-state index is -4.60. The van der Waals surface area contributed by atoms with Gasteiger partial charge in [0.05, 0.1) is 17.7 Å². The van der Waals surface area contributed by atoms with Crippen molar-refractivity contribution in [2.45, 2.75) is 32.1 Å². The molecule has 0 saturated carbocycles. The van der Waals surface area contributed by atoms with Crippen LogP contribution < -0.4 is 5.73 Å². The number of piperazine rings is 1. The molecule has 0 aromatic heterocycles. The second-order valence-electron chi connectivity index (χ2n) is 5.96. The molecule has 5 nitrogen and oxygen atoms in total. The molecule has 0 spiro atoms. The Kier molecular flexibility index (Phi) is 5.17. The summed E-state index contributed by atoms with van der Waals surface area (Å²) in [6, 6.07) is 3.94. The van der Waals surface area contributed by atoms with Gasteiger partial charge in [-0.25, -0.2) is 0 Å². The van der Waals surface area contributed by atoms with Crippen LogP contribution in [0, 0.1) is 0 Å². The van der Waals surface area contributed by atoms with Crippen LogP contribution in [0.15, 0.2) is 24.3 Å². The van der Waals surface area contributed by atoms with E-state index >= 15 is 0 Å². The van der Waals surface area contributed by atoms with E-state index < -0.39 is 29.7 Å². The average molecular weight is 343 g/mol. The fourth-order valence-electron chi connectivity index (χ4n) is 3.11. The molecule has 1 aliphatic heterocycles. The van der Waals surface area contributed by atoms with Crippen molar-refractivity contribution in [1.29, 1.82) is 0 Å². The van der Waals surface area contributed by atoms with E-state index in [9.17, 15) is 22.8 Å².